The minimum absolute atomic E-state index is 0.255. The molecule has 1 aromatic carbocycles. The molecule has 0 radical (unpaired) electrons. The molecule has 0 aliphatic heterocycles. The maximum Gasteiger partial charge on any atom is 0.251 e. The summed E-state index contributed by atoms with van der Waals surface area (Å²) in [5, 5.41) is 3.41. The molecule has 0 spiro atoms. The van der Waals surface area contributed by atoms with Gasteiger partial charge in [0, 0.05) is 11.0 Å². The van der Waals surface area contributed by atoms with Crippen molar-refractivity contribution in [3.05, 3.63) is 57.5 Å². The molecule has 1 aromatic heterocycles. The molecular weight excluding hydrogens is 332 g/mol. The summed E-state index contributed by atoms with van der Waals surface area (Å²) in [5.74, 6) is -0.128. The van der Waals surface area contributed by atoms with Crippen molar-refractivity contribution in [2.45, 2.75) is 33.1 Å². The maximum atomic E-state index is 12.3. The Hall–Kier alpha value is -2.40. The van der Waals surface area contributed by atoms with E-state index < -0.39 is 5.91 Å². The molecule has 1 aliphatic carbocycles. The molecular formula is C20H22N2O2S. The highest BCUT2D eigenvalue weighted by Gasteiger charge is 2.26. The highest BCUT2D eigenvalue weighted by Crippen LogP contribution is 2.39. The predicted octanol–water partition coefficient (Wildman–Crippen LogP) is 3.93. The number of carbonyl (C=O) groups is 2. The molecule has 25 heavy (non-hydrogen) atoms. The molecule has 4 nitrogen and oxygen atoms in total. The second-order valence-electron chi connectivity index (χ2n) is 6.65. The summed E-state index contributed by atoms with van der Waals surface area (Å²) in [4.78, 5) is 25.3. The number of fused-ring (bicyclic) bond motifs is 1. The highest BCUT2D eigenvalue weighted by molar-refractivity contribution is 7.17. The summed E-state index contributed by atoms with van der Waals surface area (Å²) in [5.41, 5.74) is 9.21. The Labute approximate surface area is 151 Å². The van der Waals surface area contributed by atoms with Crippen LogP contribution in [0, 0.1) is 12.8 Å². The van der Waals surface area contributed by atoms with Crippen molar-refractivity contribution >= 4 is 34.2 Å². The van der Waals surface area contributed by atoms with E-state index in [2.05, 4.69) is 12.2 Å². The third-order valence-electron chi connectivity index (χ3n) is 4.50. The molecule has 3 rings (SSSR count). The van der Waals surface area contributed by atoms with Crippen LogP contribution in [0.3, 0.4) is 0 Å². The van der Waals surface area contributed by atoms with Gasteiger partial charge in [0.25, 0.3) is 5.91 Å². The second-order valence-corrected chi connectivity index (χ2v) is 7.76. The number of primary amides is 1. The number of benzene rings is 1. The van der Waals surface area contributed by atoms with Crippen molar-refractivity contribution in [1.82, 2.24) is 0 Å². The van der Waals surface area contributed by atoms with Crippen LogP contribution in [-0.4, -0.2) is 11.8 Å². The van der Waals surface area contributed by atoms with Crippen LogP contribution in [0.4, 0.5) is 5.00 Å². The van der Waals surface area contributed by atoms with Crippen LogP contribution in [0.15, 0.2) is 30.3 Å². The topological polar surface area (TPSA) is 72.2 Å². The molecule has 5 heteroatoms. The van der Waals surface area contributed by atoms with Crippen molar-refractivity contribution in [2.75, 3.05) is 5.32 Å². The van der Waals surface area contributed by atoms with Crippen molar-refractivity contribution in [2.24, 2.45) is 11.7 Å². The SMILES string of the molecule is Cc1ccc(/C=C/C(=O)Nc2sc3c(c2C(N)=O)CCC(C)C3)cc1. The van der Waals surface area contributed by atoms with E-state index in [1.54, 1.807) is 6.08 Å². The fourth-order valence-electron chi connectivity index (χ4n) is 3.10. The zero-order chi connectivity index (χ0) is 18.0. The van der Waals surface area contributed by atoms with Gasteiger partial charge in [-0.05, 0) is 49.3 Å². The lowest BCUT2D eigenvalue weighted by atomic mass is 9.88. The van der Waals surface area contributed by atoms with Crippen LogP contribution in [0.25, 0.3) is 6.08 Å². The summed E-state index contributed by atoms with van der Waals surface area (Å²) in [6.07, 6.45) is 6.07. The molecule has 1 unspecified atom stereocenters. The normalized spacial score (nSPS) is 16.6. The van der Waals surface area contributed by atoms with Gasteiger partial charge < -0.3 is 11.1 Å². The monoisotopic (exact) mass is 354 g/mol. The van der Waals surface area contributed by atoms with E-state index in [1.807, 2.05) is 31.2 Å². The summed E-state index contributed by atoms with van der Waals surface area (Å²) < 4.78 is 0. The van der Waals surface area contributed by atoms with Gasteiger partial charge in [0.1, 0.15) is 5.00 Å². The standard InChI is InChI=1S/C20H22N2O2S/c1-12-3-6-14(7-4-12)8-10-17(23)22-20-18(19(21)24)15-9-5-13(2)11-16(15)25-20/h3-4,6-8,10,13H,5,9,11H2,1-2H3,(H2,21,24)(H,22,23)/b10-8+. The number of thiophene rings is 1. The maximum absolute atomic E-state index is 12.3. The van der Waals surface area contributed by atoms with Gasteiger partial charge in [0.15, 0.2) is 0 Å². The molecule has 130 valence electrons. The number of anilines is 1. The van der Waals surface area contributed by atoms with Crippen LogP contribution in [0.2, 0.25) is 0 Å². The molecule has 0 bridgehead atoms. The van der Waals surface area contributed by atoms with Gasteiger partial charge in [0.05, 0.1) is 5.56 Å². The van der Waals surface area contributed by atoms with E-state index in [-0.39, 0.29) is 5.91 Å². The van der Waals surface area contributed by atoms with Gasteiger partial charge in [0.2, 0.25) is 5.91 Å². The third kappa shape index (κ3) is 3.99. The van der Waals surface area contributed by atoms with E-state index in [0.29, 0.717) is 16.5 Å². The Morgan fingerprint density at radius 3 is 2.68 bits per heavy atom. The lowest BCUT2D eigenvalue weighted by Crippen LogP contribution is -2.18. The number of nitrogens with two attached hydrogens (primary N) is 1. The largest absolute Gasteiger partial charge is 0.365 e. The van der Waals surface area contributed by atoms with Crippen molar-refractivity contribution in [3.63, 3.8) is 0 Å². The fourth-order valence-corrected chi connectivity index (χ4v) is 4.52. The lowest BCUT2D eigenvalue weighted by Gasteiger charge is -2.18. The lowest BCUT2D eigenvalue weighted by molar-refractivity contribution is -0.111. The van der Waals surface area contributed by atoms with Crippen LogP contribution >= 0.6 is 11.3 Å². The van der Waals surface area contributed by atoms with Gasteiger partial charge in [-0.2, -0.15) is 0 Å². The molecule has 2 amide bonds. The number of amides is 2. The number of hydrogen-bond donors (Lipinski definition) is 2. The average Bonchev–Trinajstić information content (AvgIpc) is 2.91. The van der Waals surface area contributed by atoms with Crippen LogP contribution in [0.1, 0.15) is 45.3 Å². The Morgan fingerprint density at radius 2 is 2.00 bits per heavy atom. The summed E-state index contributed by atoms with van der Waals surface area (Å²) in [7, 11) is 0. The minimum Gasteiger partial charge on any atom is -0.365 e. The number of carbonyl (C=O) groups excluding carboxylic acids is 2. The number of rotatable bonds is 4. The van der Waals surface area contributed by atoms with Gasteiger partial charge in [-0.15, -0.1) is 11.3 Å². The Morgan fingerprint density at radius 1 is 1.28 bits per heavy atom. The zero-order valence-corrected chi connectivity index (χ0v) is 15.3. The second kappa shape index (κ2) is 7.23. The summed E-state index contributed by atoms with van der Waals surface area (Å²) in [6, 6.07) is 7.91. The van der Waals surface area contributed by atoms with Gasteiger partial charge in [-0.1, -0.05) is 36.8 Å². The first-order valence-electron chi connectivity index (χ1n) is 8.44. The molecule has 0 saturated carbocycles. The van der Waals surface area contributed by atoms with E-state index >= 15 is 0 Å². The molecule has 2 aromatic rings. The number of hydrogen-bond acceptors (Lipinski definition) is 3. The van der Waals surface area contributed by atoms with E-state index in [0.717, 1.165) is 30.4 Å². The first-order valence-corrected chi connectivity index (χ1v) is 9.25. The summed E-state index contributed by atoms with van der Waals surface area (Å²) in [6.45, 7) is 4.22. The van der Waals surface area contributed by atoms with Crippen LogP contribution in [0.5, 0.6) is 0 Å². The Kier molecular flexibility index (Phi) is 5.04. The van der Waals surface area contributed by atoms with Gasteiger partial charge in [-0.25, -0.2) is 0 Å². The smallest absolute Gasteiger partial charge is 0.251 e. The minimum atomic E-state index is -0.468. The molecule has 3 N–H and O–H groups in total. The Bertz CT molecular complexity index is 834. The summed E-state index contributed by atoms with van der Waals surface area (Å²) >= 11 is 1.48. The zero-order valence-electron chi connectivity index (χ0n) is 14.5. The average molecular weight is 354 g/mol. The molecule has 1 atom stereocenters. The van der Waals surface area contributed by atoms with E-state index in [1.165, 1.54) is 27.9 Å². The molecule has 1 heterocycles. The molecule has 1 aliphatic rings. The van der Waals surface area contributed by atoms with Crippen molar-refractivity contribution < 1.29 is 9.59 Å². The van der Waals surface area contributed by atoms with Gasteiger partial charge >= 0.3 is 0 Å². The Balaban J connectivity index is 1.79. The number of aryl methyl sites for hydroxylation is 1. The third-order valence-corrected chi connectivity index (χ3v) is 5.67. The highest BCUT2D eigenvalue weighted by atomic mass is 32.1. The first-order chi connectivity index (χ1) is 11.9. The first kappa shape index (κ1) is 17.4. The van der Waals surface area contributed by atoms with Crippen molar-refractivity contribution in [3.8, 4) is 0 Å². The molecule has 0 fully saturated rings. The van der Waals surface area contributed by atoms with Crippen molar-refractivity contribution in [1.29, 1.82) is 0 Å². The van der Waals surface area contributed by atoms with Crippen LogP contribution < -0.4 is 11.1 Å². The van der Waals surface area contributed by atoms with Gasteiger partial charge in [-0.3, -0.25) is 9.59 Å². The predicted molar refractivity (Wildman–Crippen MR) is 103 cm³/mol. The quantitative estimate of drug-likeness (QED) is 0.817. The fraction of sp³-hybridized carbons (Fsp3) is 0.300. The van der Waals surface area contributed by atoms with E-state index in [4.69, 9.17) is 5.73 Å². The molecule has 0 saturated heterocycles. The van der Waals surface area contributed by atoms with E-state index in [9.17, 15) is 9.59 Å². The number of nitrogens with one attached hydrogen (secondary N) is 1. The van der Waals surface area contributed by atoms with Crippen LogP contribution in [-0.2, 0) is 17.6 Å².